The summed E-state index contributed by atoms with van der Waals surface area (Å²) in [5.41, 5.74) is 0. The van der Waals surface area contributed by atoms with E-state index in [0.717, 1.165) is 25.8 Å². The van der Waals surface area contributed by atoms with Crippen molar-refractivity contribution < 1.29 is 24.3 Å². The number of thioether (sulfide) groups is 1. The van der Waals surface area contributed by atoms with Gasteiger partial charge in [-0.3, -0.25) is 14.4 Å². The van der Waals surface area contributed by atoms with Gasteiger partial charge in [0.05, 0.1) is 12.6 Å². The smallest absolute Gasteiger partial charge is 0.326 e. The van der Waals surface area contributed by atoms with E-state index in [1.807, 2.05) is 6.26 Å². The van der Waals surface area contributed by atoms with Crippen LogP contribution < -0.4 is 16.0 Å². The maximum atomic E-state index is 12.6. The molecular formula is C17H28N4O5S. The van der Waals surface area contributed by atoms with Crippen LogP contribution in [0.2, 0.25) is 0 Å². The fourth-order valence-electron chi connectivity index (χ4n) is 3.42. The predicted octanol–water partition coefficient (Wildman–Crippen LogP) is -0.832. The maximum Gasteiger partial charge on any atom is 0.326 e. The summed E-state index contributed by atoms with van der Waals surface area (Å²) in [6.07, 6.45) is 5.21. The molecule has 3 atom stereocenters. The third-order valence-electron chi connectivity index (χ3n) is 4.86. The molecule has 3 amide bonds. The van der Waals surface area contributed by atoms with E-state index in [1.165, 1.54) is 11.8 Å². The van der Waals surface area contributed by atoms with Gasteiger partial charge in [-0.15, -0.1) is 0 Å². The molecule has 0 bridgehead atoms. The van der Waals surface area contributed by atoms with Gasteiger partial charge in [-0.05, 0) is 50.7 Å². The number of hydrogen-bond acceptors (Lipinski definition) is 6. The van der Waals surface area contributed by atoms with Crippen LogP contribution in [0.4, 0.5) is 0 Å². The average molecular weight is 401 g/mol. The summed E-state index contributed by atoms with van der Waals surface area (Å²) >= 11 is 1.50. The highest BCUT2D eigenvalue weighted by molar-refractivity contribution is 7.98. The van der Waals surface area contributed by atoms with Gasteiger partial charge in [0.2, 0.25) is 17.7 Å². The van der Waals surface area contributed by atoms with Crippen molar-refractivity contribution in [1.29, 1.82) is 0 Å². The number of carboxylic acid groups (broad SMARTS) is 1. The first-order chi connectivity index (χ1) is 12.9. The molecule has 152 valence electrons. The fourth-order valence-corrected chi connectivity index (χ4v) is 3.89. The molecule has 2 heterocycles. The molecule has 2 rings (SSSR count). The highest BCUT2D eigenvalue weighted by Crippen LogP contribution is 2.20. The van der Waals surface area contributed by atoms with Crippen molar-refractivity contribution in [3.63, 3.8) is 0 Å². The number of aliphatic carboxylic acids is 1. The van der Waals surface area contributed by atoms with Gasteiger partial charge in [0.15, 0.2) is 0 Å². The van der Waals surface area contributed by atoms with Crippen LogP contribution in [0.3, 0.4) is 0 Å². The van der Waals surface area contributed by atoms with Crippen molar-refractivity contribution in [3.05, 3.63) is 0 Å². The summed E-state index contributed by atoms with van der Waals surface area (Å²) < 4.78 is 0. The quantitative estimate of drug-likeness (QED) is 0.398. The van der Waals surface area contributed by atoms with Gasteiger partial charge >= 0.3 is 5.97 Å². The van der Waals surface area contributed by atoms with Crippen molar-refractivity contribution in [2.24, 2.45) is 0 Å². The zero-order valence-corrected chi connectivity index (χ0v) is 16.3. The van der Waals surface area contributed by atoms with E-state index in [2.05, 4.69) is 16.0 Å². The van der Waals surface area contributed by atoms with Crippen molar-refractivity contribution in [2.45, 2.75) is 50.2 Å². The lowest BCUT2D eigenvalue weighted by Gasteiger charge is -2.26. The Balaban J connectivity index is 1.82. The molecular weight excluding hydrogens is 372 g/mol. The minimum absolute atomic E-state index is 0.0578. The van der Waals surface area contributed by atoms with E-state index >= 15 is 0 Å². The van der Waals surface area contributed by atoms with Crippen LogP contribution in [0.15, 0.2) is 0 Å². The molecule has 0 aromatic heterocycles. The molecule has 0 saturated carbocycles. The molecule has 0 aromatic carbocycles. The van der Waals surface area contributed by atoms with Gasteiger partial charge in [-0.1, -0.05) is 0 Å². The van der Waals surface area contributed by atoms with Gasteiger partial charge < -0.3 is 26.0 Å². The van der Waals surface area contributed by atoms with Crippen LogP contribution in [0.5, 0.6) is 0 Å². The number of hydrogen-bond donors (Lipinski definition) is 4. The molecule has 0 radical (unpaired) electrons. The molecule has 9 nitrogen and oxygen atoms in total. The molecule has 4 N–H and O–H groups in total. The number of carboxylic acids is 1. The zero-order valence-electron chi connectivity index (χ0n) is 15.5. The SMILES string of the molecule is CSCCC(NC(=O)CNC(=O)C1CCCN1C(=O)C1CCCN1)C(=O)O. The second-order valence-electron chi connectivity index (χ2n) is 6.80. The second kappa shape index (κ2) is 10.5. The number of nitrogens with zero attached hydrogens (tertiary/aromatic N) is 1. The normalized spacial score (nSPS) is 23.1. The van der Waals surface area contributed by atoms with Gasteiger partial charge in [0, 0.05) is 6.54 Å². The largest absolute Gasteiger partial charge is 0.480 e. The Labute approximate surface area is 163 Å². The van der Waals surface area contributed by atoms with E-state index in [-0.39, 0.29) is 24.4 Å². The van der Waals surface area contributed by atoms with Crippen LogP contribution in [0.1, 0.15) is 32.1 Å². The van der Waals surface area contributed by atoms with Crippen molar-refractivity contribution in [1.82, 2.24) is 20.9 Å². The van der Waals surface area contributed by atoms with Crippen LogP contribution in [0, 0.1) is 0 Å². The number of carbonyl (C=O) groups excluding carboxylic acids is 3. The van der Waals surface area contributed by atoms with Crippen LogP contribution in [-0.4, -0.2) is 83.5 Å². The van der Waals surface area contributed by atoms with Gasteiger partial charge in [-0.25, -0.2) is 4.79 Å². The minimum Gasteiger partial charge on any atom is -0.480 e. The molecule has 2 aliphatic rings. The molecule has 0 aliphatic carbocycles. The average Bonchev–Trinajstić information content (AvgIpc) is 3.34. The molecule has 2 fully saturated rings. The maximum absolute atomic E-state index is 12.6. The molecule has 0 aromatic rings. The number of nitrogens with one attached hydrogen (secondary N) is 3. The fraction of sp³-hybridized carbons (Fsp3) is 0.765. The Hall–Kier alpha value is -1.81. The number of likely N-dealkylation sites (tertiary alicyclic amines) is 1. The van der Waals surface area contributed by atoms with Crippen LogP contribution >= 0.6 is 11.8 Å². The summed E-state index contributed by atoms with van der Waals surface area (Å²) in [4.78, 5) is 49.7. The molecule has 27 heavy (non-hydrogen) atoms. The number of amides is 3. The summed E-state index contributed by atoms with van der Waals surface area (Å²) in [6.45, 7) is 1.04. The monoisotopic (exact) mass is 400 g/mol. The number of carbonyl (C=O) groups is 4. The standard InChI is InChI=1S/C17H28N4O5S/c1-27-9-6-12(17(25)26)20-14(22)10-19-15(23)13-5-3-8-21(13)16(24)11-4-2-7-18-11/h11-13,18H,2-10H2,1H3,(H,19,23)(H,20,22)(H,25,26). The Morgan fingerprint density at radius 2 is 2.04 bits per heavy atom. The van der Waals surface area contributed by atoms with Crippen molar-refractivity contribution in [3.8, 4) is 0 Å². The lowest BCUT2D eigenvalue weighted by Crippen LogP contribution is -2.52. The van der Waals surface area contributed by atoms with E-state index in [9.17, 15) is 19.2 Å². The minimum atomic E-state index is -1.10. The first-order valence-electron chi connectivity index (χ1n) is 9.26. The molecule has 0 spiro atoms. The summed E-state index contributed by atoms with van der Waals surface area (Å²) in [7, 11) is 0. The lowest BCUT2D eigenvalue weighted by molar-refractivity contribution is -0.142. The Kier molecular flexibility index (Phi) is 8.36. The zero-order chi connectivity index (χ0) is 19.8. The first kappa shape index (κ1) is 21.5. The Bertz CT molecular complexity index is 568. The molecule has 2 saturated heterocycles. The van der Waals surface area contributed by atoms with E-state index in [1.54, 1.807) is 4.90 Å². The predicted molar refractivity (Wildman–Crippen MR) is 101 cm³/mol. The van der Waals surface area contributed by atoms with Gasteiger partial charge in [-0.2, -0.15) is 11.8 Å². The summed E-state index contributed by atoms with van der Waals surface area (Å²) in [6, 6.07) is -1.77. The van der Waals surface area contributed by atoms with Gasteiger partial charge in [0.25, 0.3) is 0 Å². The van der Waals surface area contributed by atoms with E-state index < -0.39 is 24.0 Å². The number of rotatable bonds is 9. The Morgan fingerprint density at radius 1 is 1.26 bits per heavy atom. The molecule has 3 unspecified atom stereocenters. The molecule has 10 heteroatoms. The summed E-state index contributed by atoms with van der Waals surface area (Å²) in [5, 5.41) is 17.2. The third-order valence-corrected chi connectivity index (χ3v) is 5.51. The summed E-state index contributed by atoms with van der Waals surface area (Å²) in [5.74, 6) is -1.47. The van der Waals surface area contributed by atoms with E-state index in [4.69, 9.17) is 5.11 Å². The van der Waals surface area contributed by atoms with E-state index in [0.29, 0.717) is 25.1 Å². The first-order valence-corrected chi connectivity index (χ1v) is 10.7. The Morgan fingerprint density at radius 3 is 2.67 bits per heavy atom. The van der Waals surface area contributed by atoms with Gasteiger partial charge in [0.1, 0.15) is 12.1 Å². The van der Waals surface area contributed by atoms with Crippen molar-refractivity contribution >= 4 is 35.5 Å². The van der Waals surface area contributed by atoms with Crippen LogP contribution in [0.25, 0.3) is 0 Å². The topological polar surface area (TPSA) is 128 Å². The van der Waals surface area contributed by atoms with Crippen LogP contribution in [-0.2, 0) is 19.2 Å². The second-order valence-corrected chi connectivity index (χ2v) is 7.78. The third kappa shape index (κ3) is 6.10. The lowest BCUT2D eigenvalue weighted by atomic mass is 10.1. The highest BCUT2D eigenvalue weighted by atomic mass is 32.2. The highest BCUT2D eigenvalue weighted by Gasteiger charge is 2.37. The van der Waals surface area contributed by atoms with Crippen molar-refractivity contribution in [2.75, 3.05) is 31.6 Å². The molecule has 2 aliphatic heterocycles.